The SMILES string of the molecule is CC(C)C(C)(C)S(=O)(=O)C1CCCC1. The molecule has 0 amide bonds. The average molecular weight is 218 g/mol. The maximum absolute atomic E-state index is 12.3. The molecule has 0 heterocycles. The van der Waals surface area contributed by atoms with Crippen molar-refractivity contribution in [3.63, 3.8) is 0 Å². The molecular weight excluding hydrogens is 196 g/mol. The van der Waals surface area contributed by atoms with Gasteiger partial charge in [-0.15, -0.1) is 0 Å². The van der Waals surface area contributed by atoms with Crippen LogP contribution in [0.2, 0.25) is 0 Å². The highest BCUT2D eigenvalue weighted by atomic mass is 32.2. The topological polar surface area (TPSA) is 34.1 Å². The molecule has 1 fully saturated rings. The highest BCUT2D eigenvalue weighted by molar-refractivity contribution is 7.93. The van der Waals surface area contributed by atoms with E-state index in [0.717, 1.165) is 25.7 Å². The van der Waals surface area contributed by atoms with E-state index < -0.39 is 14.6 Å². The van der Waals surface area contributed by atoms with E-state index in [1.807, 2.05) is 27.7 Å². The second kappa shape index (κ2) is 3.84. The molecule has 0 spiro atoms. The predicted molar refractivity (Wildman–Crippen MR) is 60.1 cm³/mol. The van der Waals surface area contributed by atoms with Crippen LogP contribution < -0.4 is 0 Å². The Labute approximate surface area is 88.0 Å². The molecule has 0 aliphatic heterocycles. The van der Waals surface area contributed by atoms with Gasteiger partial charge >= 0.3 is 0 Å². The number of rotatable bonds is 3. The molecule has 0 radical (unpaired) electrons. The second-order valence-corrected chi connectivity index (χ2v) is 8.02. The molecule has 0 N–H and O–H groups in total. The van der Waals surface area contributed by atoms with Crippen LogP contribution in [0.4, 0.5) is 0 Å². The molecule has 0 unspecified atom stereocenters. The van der Waals surface area contributed by atoms with E-state index in [1.54, 1.807) is 0 Å². The first kappa shape index (κ1) is 12.0. The minimum absolute atomic E-state index is 0.0695. The summed E-state index contributed by atoms with van der Waals surface area (Å²) in [6.45, 7) is 7.72. The monoisotopic (exact) mass is 218 g/mol. The second-order valence-electron chi connectivity index (χ2n) is 5.21. The molecule has 0 aromatic rings. The summed E-state index contributed by atoms with van der Waals surface area (Å²) in [4.78, 5) is 0. The van der Waals surface area contributed by atoms with Crippen LogP contribution in [0.25, 0.3) is 0 Å². The van der Waals surface area contributed by atoms with E-state index in [9.17, 15) is 8.42 Å². The lowest BCUT2D eigenvalue weighted by molar-refractivity contribution is 0.446. The van der Waals surface area contributed by atoms with Gasteiger partial charge in [0.25, 0.3) is 0 Å². The van der Waals surface area contributed by atoms with Gasteiger partial charge in [0.15, 0.2) is 9.84 Å². The number of hydrogen-bond donors (Lipinski definition) is 0. The van der Waals surface area contributed by atoms with E-state index in [4.69, 9.17) is 0 Å². The average Bonchev–Trinajstić information content (AvgIpc) is 2.55. The van der Waals surface area contributed by atoms with Crippen LogP contribution in [-0.4, -0.2) is 18.4 Å². The van der Waals surface area contributed by atoms with Crippen LogP contribution >= 0.6 is 0 Å². The van der Waals surface area contributed by atoms with Crippen molar-refractivity contribution in [2.24, 2.45) is 5.92 Å². The van der Waals surface area contributed by atoms with Gasteiger partial charge in [0.1, 0.15) is 0 Å². The van der Waals surface area contributed by atoms with Gasteiger partial charge < -0.3 is 0 Å². The summed E-state index contributed by atoms with van der Waals surface area (Å²) in [6, 6.07) is 0. The van der Waals surface area contributed by atoms with Crippen molar-refractivity contribution in [1.82, 2.24) is 0 Å². The third-order valence-electron chi connectivity index (χ3n) is 3.86. The molecule has 0 aromatic carbocycles. The molecule has 2 nitrogen and oxygen atoms in total. The van der Waals surface area contributed by atoms with Crippen LogP contribution in [0.15, 0.2) is 0 Å². The van der Waals surface area contributed by atoms with Crippen molar-refractivity contribution >= 4 is 9.84 Å². The number of sulfone groups is 1. The first-order chi connectivity index (χ1) is 6.30. The molecule has 0 atom stereocenters. The highest BCUT2D eigenvalue weighted by Gasteiger charge is 2.43. The molecule has 1 saturated carbocycles. The lowest BCUT2D eigenvalue weighted by Gasteiger charge is -2.32. The summed E-state index contributed by atoms with van der Waals surface area (Å²) < 4.78 is 24.0. The molecule has 0 bridgehead atoms. The standard InChI is InChI=1S/C11H22O2S/c1-9(2)11(3,4)14(12,13)10-7-5-6-8-10/h9-10H,5-8H2,1-4H3. The maximum atomic E-state index is 12.3. The van der Waals surface area contributed by atoms with Gasteiger partial charge in [-0.2, -0.15) is 0 Å². The Morgan fingerprint density at radius 1 is 1.14 bits per heavy atom. The Kier molecular flexibility index (Phi) is 3.30. The Balaban J connectivity index is 2.94. The fraction of sp³-hybridized carbons (Fsp3) is 1.00. The first-order valence-electron chi connectivity index (χ1n) is 5.53. The molecule has 1 aliphatic carbocycles. The van der Waals surface area contributed by atoms with Crippen molar-refractivity contribution < 1.29 is 8.42 Å². The summed E-state index contributed by atoms with van der Waals surface area (Å²) in [5.41, 5.74) is 0. The fourth-order valence-electron chi connectivity index (χ4n) is 1.96. The van der Waals surface area contributed by atoms with Crippen molar-refractivity contribution in [3.8, 4) is 0 Å². The van der Waals surface area contributed by atoms with Crippen molar-refractivity contribution in [3.05, 3.63) is 0 Å². The summed E-state index contributed by atoms with van der Waals surface area (Å²) in [5, 5.41) is -0.0695. The molecule has 14 heavy (non-hydrogen) atoms. The van der Waals surface area contributed by atoms with Gasteiger partial charge in [0.05, 0.1) is 10.00 Å². The molecule has 0 aromatic heterocycles. The minimum Gasteiger partial charge on any atom is -0.228 e. The van der Waals surface area contributed by atoms with Crippen LogP contribution in [-0.2, 0) is 9.84 Å². The Hall–Kier alpha value is -0.0500. The van der Waals surface area contributed by atoms with E-state index in [0.29, 0.717) is 0 Å². The molecule has 0 saturated heterocycles. The summed E-state index contributed by atoms with van der Waals surface area (Å²) in [5.74, 6) is 0.188. The molecule has 1 rings (SSSR count). The molecular formula is C11H22O2S. The van der Waals surface area contributed by atoms with Crippen molar-refractivity contribution in [1.29, 1.82) is 0 Å². The van der Waals surface area contributed by atoms with E-state index in [-0.39, 0.29) is 11.2 Å². The third-order valence-corrected chi connectivity index (χ3v) is 7.15. The zero-order chi connectivity index (χ0) is 11.0. The van der Waals surface area contributed by atoms with Gasteiger partial charge in [-0.25, -0.2) is 8.42 Å². The van der Waals surface area contributed by atoms with E-state index >= 15 is 0 Å². The van der Waals surface area contributed by atoms with Gasteiger partial charge in [0, 0.05) is 0 Å². The normalized spacial score (nSPS) is 20.6. The van der Waals surface area contributed by atoms with Crippen LogP contribution in [0.3, 0.4) is 0 Å². The highest BCUT2D eigenvalue weighted by Crippen LogP contribution is 2.35. The molecule has 84 valence electrons. The fourth-order valence-corrected chi connectivity index (χ4v) is 4.43. The van der Waals surface area contributed by atoms with E-state index in [2.05, 4.69) is 0 Å². The minimum atomic E-state index is -2.94. The van der Waals surface area contributed by atoms with Crippen molar-refractivity contribution in [2.75, 3.05) is 0 Å². The van der Waals surface area contributed by atoms with Gasteiger partial charge in [-0.1, -0.05) is 26.7 Å². The summed E-state index contributed by atoms with van der Waals surface area (Å²) in [6.07, 6.45) is 3.91. The Bertz CT molecular complexity index is 282. The number of hydrogen-bond acceptors (Lipinski definition) is 2. The van der Waals surface area contributed by atoms with Crippen LogP contribution in [0, 0.1) is 5.92 Å². The zero-order valence-corrected chi connectivity index (χ0v) is 10.5. The smallest absolute Gasteiger partial charge is 0.158 e. The lowest BCUT2D eigenvalue weighted by Crippen LogP contribution is -2.42. The lowest BCUT2D eigenvalue weighted by atomic mass is 10.00. The third kappa shape index (κ3) is 1.83. The van der Waals surface area contributed by atoms with Gasteiger partial charge in [-0.3, -0.25) is 0 Å². The zero-order valence-electron chi connectivity index (χ0n) is 9.71. The molecule has 3 heteroatoms. The largest absolute Gasteiger partial charge is 0.228 e. The summed E-state index contributed by atoms with van der Waals surface area (Å²) in [7, 11) is -2.94. The Morgan fingerprint density at radius 3 is 1.93 bits per heavy atom. The van der Waals surface area contributed by atoms with Crippen LogP contribution in [0.1, 0.15) is 53.4 Å². The van der Waals surface area contributed by atoms with Gasteiger partial charge in [0.2, 0.25) is 0 Å². The van der Waals surface area contributed by atoms with Gasteiger partial charge in [-0.05, 0) is 32.6 Å². The van der Waals surface area contributed by atoms with Crippen LogP contribution in [0.5, 0.6) is 0 Å². The molecule has 1 aliphatic rings. The summed E-state index contributed by atoms with van der Waals surface area (Å²) >= 11 is 0. The van der Waals surface area contributed by atoms with Crippen molar-refractivity contribution in [2.45, 2.75) is 63.4 Å². The predicted octanol–water partition coefficient (Wildman–Crippen LogP) is 2.78. The first-order valence-corrected chi connectivity index (χ1v) is 7.08. The quantitative estimate of drug-likeness (QED) is 0.730. The van der Waals surface area contributed by atoms with E-state index in [1.165, 1.54) is 0 Å². The maximum Gasteiger partial charge on any atom is 0.158 e. The Morgan fingerprint density at radius 2 is 1.57 bits per heavy atom.